The van der Waals surface area contributed by atoms with Gasteiger partial charge in [-0.3, -0.25) is 0 Å². The first-order valence-corrected chi connectivity index (χ1v) is 6.77. The molecule has 0 spiro atoms. The van der Waals surface area contributed by atoms with Crippen LogP contribution in [0, 0.1) is 6.07 Å². The van der Waals surface area contributed by atoms with E-state index in [1.165, 1.54) is 11.1 Å². The topological polar surface area (TPSA) is 20.2 Å². The van der Waals surface area contributed by atoms with Crippen LogP contribution < -0.4 is 24.8 Å². The molecule has 1 N–H and O–H groups in total. The number of hydrogen-bond donors (Lipinski definition) is 1. The van der Waals surface area contributed by atoms with Gasteiger partial charge >= 0.3 is 21.7 Å². The second-order valence-corrected chi connectivity index (χ2v) is 4.73. The molecule has 1 aliphatic rings. The van der Waals surface area contributed by atoms with Crippen molar-refractivity contribution in [2.24, 2.45) is 0 Å². The quantitative estimate of drug-likeness (QED) is 0.484. The van der Waals surface area contributed by atoms with E-state index in [1.54, 1.807) is 0 Å². The van der Waals surface area contributed by atoms with Crippen LogP contribution >= 0.6 is 0 Å². The molecule has 23 heavy (non-hydrogen) atoms. The summed E-state index contributed by atoms with van der Waals surface area (Å²) in [5.74, 6) is 0.464. The molecule has 0 saturated heterocycles. The van der Waals surface area contributed by atoms with Crippen LogP contribution in [-0.4, -0.2) is 5.11 Å². The van der Waals surface area contributed by atoms with Gasteiger partial charge in [0.05, 0.1) is 6.61 Å². The maximum atomic E-state index is 8.54. The third-order valence-electron chi connectivity index (χ3n) is 3.25. The normalized spacial score (nSPS) is 14.2. The summed E-state index contributed by atoms with van der Waals surface area (Å²) in [6.07, 6.45) is 6.48. The zero-order chi connectivity index (χ0) is 14.2. The predicted octanol–water partition coefficient (Wildman–Crippen LogP) is -1.73. The molecule has 0 aliphatic heterocycles. The van der Waals surface area contributed by atoms with E-state index in [0.717, 1.165) is 5.56 Å². The van der Waals surface area contributed by atoms with Gasteiger partial charge in [-0.2, -0.15) is 35.9 Å². The summed E-state index contributed by atoms with van der Waals surface area (Å²) in [4.78, 5) is 0. The van der Waals surface area contributed by atoms with Gasteiger partial charge < -0.3 is 29.9 Å². The third kappa shape index (κ3) is 8.01. The van der Waals surface area contributed by atoms with Gasteiger partial charge in [-0.1, -0.05) is 54.1 Å². The van der Waals surface area contributed by atoms with Crippen LogP contribution in [-0.2, 0) is 28.3 Å². The first kappa shape index (κ1) is 24.4. The molecule has 0 aromatic heterocycles. The van der Waals surface area contributed by atoms with E-state index in [4.69, 9.17) is 5.11 Å². The Morgan fingerprint density at radius 3 is 2.09 bits per heavy atom. The molecule has 119 valence electrons. The Kier molecular flexibility index (Phi) is 14.4. The number of aliphatic hydroxyl groups excluding tert-OH is 1. The van der Waals surface area contributed by atoms with Crippen molar-refractivity contribution >= 4 is 0 Å². The van der Waals surface area contributed by atoms with Gasteiger partial charge in [-0.15, -0.1) is 0 Å². The van der Waals surface area contributed by atoms with Crippen molar-refractivity contribution in [1.82, 2.24) is 0 Å². The van der Waals surface area contributed by atoms with Gasteiger partial charge in [0, 0.05) is 5.92 Å². The Balaban J connectivity index is 0. The Morgan fingerprint density at radius 2 is 1.65 bits per heavy atom. The summed E-state index contributed by atoms with van der Waals surface area (Å²) in [5, 5.41) is 8.54. The first-order valence-electron chi connectivity index (χ1n) is 6.77. The molecule has 2 aromatic carbocycles. The SMILES string of the molecule is CC1=CC=CC1c1[c-]cccc1.OCc1ccccc1.[Cl-].[Cl-].[Ti+3]. The van der Waals surface area contributed by atoms with Crippen molar-refractivity contribution in [3.8, 4) is 0 Å². The molecule has 0 amide bonds. The van der Waals surface area contributed by atoms with Crippen molar-refractivity contribution in [1.29, 1.82) is 0 Å². The van der Waals surface area contributed by atoms with E-state index in [0.29, 0.717) is 5.92 Å². The van der Waals surface area contributed by atoms with Crippen molar-refractivity contribution in [2.45, 2.75) is 19.4 Å². The molecule has 1 aliphatic carbocycles. The summed E-state index contributed by atoms with van der Waals surface area (Å²) in [7, 11) is 0. The molecule has 3 rings (SSSR count). The van der Waals surface area contributed by atoms with Crippen LogP contribution in [0.3, 0.4) is 0 Å². The Labute approximate surface area is 166 Å². The average Bonchev–Trinajstić information content (AvgIpc) is 2.96. The number of hydrogen-bond acceptors (Lipinski definition) is 1. The summed E-state index contributed by atoms with van der Waals surface area (Å²) in [6, 6.07) is 20.9. The molecule has 0 saturated carbocycles. The average molecular weight is 382 g/mol. The first-order chi connectivity index (χ1) is 9.81. The second kappa shape index (κ2) is 13.6. The minimum atomic E-state index is 0. The molecule has 1 radical (unpaired) electrons. The Hall–Kier alpha value is -0.826. The van der Waals surface area contributed by atoms with E-state index < -0.39 is 0 Å². The minimum Gasteiger partial charge on any atom is -1.00 e. The van der Waals surface area contributed by atoms with Crippen LogP contribution in [0.2, 0.25) is 0 Å². The van der Waals surface area contributed by atoms with E-state index in [2.05, 4.69) is 43.4 Å². The zero-order valence-electron chi connectivity index (χ0n) is 12.9. The standard InChI is InChI=1S/C12H11.C7H8O.2ClH.Ti/c1-10-6-5-9-12(10)11-7-3-2-4-8-11;8-6-7-4-2-1-3-5-7;;;/h2-7,9,12H,1H3;1-5,8H,6H2;2*1H;/q-1;;;;+3/p-2. The van der Waals surface area contributed by atoms with Gasteiger partial charge in [-0.05, 0) is 12.5 Å². The second-order valence-electron chi connectivity index (χ2n) is 4.73. The van der Waals surface area contributed by atoms with Crippen LogP contribution in [0.5, 0.6) is 0 Å². The van der Waals surface area contributed by atoms with Crippen molar-refractivity contribution in [3.05, 3.63) is 95.6 Å². The van der Waals surface area contributed by atoms with Crippen molar-refractivity contribution in [2.75, 3.05) is 0 Å². The fourth-order valence-electron chi connectivity index (χ4n) is 2.11. The fourth-order valence-corrected chi connectivity index (χ4v) is 2.11. The molecule has 2 aromatic rings. The number of rotatable bonds is 2. The van der Waals surface area contributed by atoms with Gasteiger partial charge in [-0.25, -0.2) is 0 Å². The van der Waals surface area contributed by atoms with Gasteiger partial charge in [0.1, 0.15) is 0 Å². The molecular formula is C19H19Cl2OTi. The van der Waals surface area contributed by atoms with Gasteiger partial charge in [0.25, 0.3) is 0 Å². The van der Waals surface area contributed by atoms with Crippen molar-refractivity contribution in [3.63, 3.8) is 0 Å². The Morgan fingerprint density at radius 1 is 1.00 bits per heavy atom. The van der Waals surface area contributed by atoms with Crippen molar-refractivity contribution < 1.29 is 51.6 Å². The molecule has 0 bridgehead atoms. The van der Waals surface area contributed by atoms with E-state index in [9.17, 15) is 0 Å². The maximum Gasteiger partial charge on any atom is 3.00 e. The summed E-state index contributed by atoms with van der Waals surface area (Å²) < 4.78 is 0. The molecule has 0 fully saturated rings. The largest absolute Gasteiger partial charge is 3.00 e. The number of aliphatic hydroxyl groups is 1. The molecule has 0 heterocycles. The maximum absolute atomic E-state index is 8.54. The van der Waals surface area contributed by atoms with Gasteiger partial charge in [0.15, 0.2) is 0 Å². The van der Waals surface area contributed by atoms with Crippen LogP contribution in [0.1, 0.15) is 24.0 Å². The smallest absolute Gasteiger partial charge is 1.00 e. The number of halogens is 2. The number of benzene rings is 2. The summed E-state index contributed by atoms with van der Waals surface area (Å²) >= 11 is 0. The molecule has 1 nitrogen and oxygen atoms in total. The predicted molar refractivity (Wildman–Crippen MR) is 83.3 cm³/mol. The van der Waals surface area contributed by atoms with Gasteiger partial charge in [0.2, 0.25) is 0 Å². The van der Waals surface area contributed by atoms with E-state index in [1.807, 2.05) is 42.5 Å². The molecule has 4 heteroatoms. The number of allylic oxidation sites excluding steroid dienone is 4. The summed E-state index contributed by atoms with van der Waals surface area (Å²) in [6.45, 7) is 2.30. The van der Waals surface area contributed by atoms with Crippen LogP contribution in [0.4, 0.5) is 0 Å². The molecule has 1 atom stereocenters. The zero-order valence-corrected chi connectivity index (χ0v) is 16.0. The molecule has 1 unspecified atom stereocenters. The monoisotopic (exact) mass is 381 g/mol. The minimum absolute atomic E-state index is 0. The van der Waals surface area contributed by atoms with Crippen LogP contribution in [0.15, 0.2) is 78.4 Å². The van der Waals surface area contributed by atoms with E-state index in [-0.39, 0.29) is 53.1 Å². The fraction of sp³-hybridized carbons (Fsp3) is 0.158. The Bertz CT molecular complexity index is 583. The van der Waals surface area contributed by atoms with Crippen LogP contribution in [0.25, 0.3) is 0 Å². The third-order valence-corrected chi connectivity index (χ3v) is 3.25. The summed E-state index contributed by atoms with van der Waals surface area (Å²) in [5.41, 5.74) is 3.63. The van der Waals surface area contributed by atoms with E-state index >= 15 is 0 Å². The molecular weight excluding hydrogens is 363 g/mol.